The number of methoxy groups -OCH3 is 1. The molecule has 0 saturated heterocycles. The molecule has 0 atom stereocenters. The lowest BCUT2D eigenvalue weighted by Gasteiger charge is -2.08. The van der Waals surface area contributed by atoms with E-state index in [0.29, 0.717) is 12.1 Å². The Labute approximate surface area is 107 Å². The summed E-state index contributed by atoms with van der Waals surface area (Å²) in [5.74, 6) is -0.810. The molecule has 1 N–H and O–H groups in total. The average molecular weight is 297 g/mol. The summed E-state index contributed by atoms with van der Waals surface area (Å²) in [4.78, 5) is 10.4. The van der Waals surface area contributed by atoms with Gasteiger partial charge in [-0.3, -0.25) is 4.79 Å². The van der Waals surface area contributed by atoms with Gasteiger partial charge in [0.1, 0.15) is 6.54 Å². The first-order valence-corrected chi connectivity index (χ1v) is 6.39. The number of carbonyl (C=O) groups excluding carboxylic acids is 1. The monoisotopic (exact) mass is 297 g/mol. The molecule has 1 aromatic rings. The van der Waals surface area contributed by atoms with Crippen LogP contribution in [0.3, 0.4) is 0 Å². The lowest BCUT2D eigenvalue weighted by atomic mass is 10.2. The highest BCUT2D eigenvalue weighted by Crippen LogP contribution is 2.29. The number of ether oxygens (including phenoxy) is 1. The summed E-state index contributed by atoms with van der Waals surface area (Å²) < 4.78 is 66.2. The van der Waals surface area contributed by atoms with Crippen LogP contribution in [0.15, 0.2) is 29.2 Å². The minimum absolute atomic E-state index is 0.371. The lowest BCUT2D eigenvalue weighted by Crippen LogP contribution is -2.30. The molecule has 0 saturated carbocycles. The molecule has 0 aliphatic heterocycles. The van der Waals surface area contributed by atoms with Gasteiger partial charge in [0.25, 0.3) is 0 Å². The number of esters is 1. The van der Waals surface area contributed by atoms with Gasteiger partial charge in [0.15, 0.2) is 0 Å². The molecule has 19 heavy (non-hydrogen) atoms. The third-order valence-electron chi connectivity index (χ3n) is 2.13. The Morgan fingerprint density at radius 3 is 2.21 bits per heavy atom. The van der Waals surface area contributed by atoms with Crippen molar-refractivity contribution in [3.63, 3.8) is 0 Å². The van der Waals surface area contributed by atoms with Crippen LogP contribution in [0.2, 0.25) is 0 Å². The third kappa shape index (κ3) is 4.21. The van der Waals surface area contributed by atoms with E-state index in [0.717, 1.165) is 19.2 Å². The molecule has 0 fully saturated rings. The number of halogens is 3. The van der Waals surface area contributed by atoms with Crippen molar-refractivity contribution in [1.82, 2.24) is 4.72 Å². The smallest absolute Gasteiger partial charge is 0.416 e. The van der Waals surface area contributed by atoms with Gasteiger partial charge in [-0.15, -0.1) is 0 Å². The molecule has 0 spiro atoms. The van der Waals surface area contributed by atoms with Crippen molar-refractivity contribution in [1.29, 1.82) is 0 Å². The maximum atomic E-state index is 12.3. The fraction of sp³-hybridized carbons (Fsp3) is 0.300. The highest BCUT2D eigenvalue weighted by molar-refractivity contribution is 7.89. The van der Waals surface area contributed by atoms with Gasteiger partial charge in [-0.05, 0) is 24.3 Å². The molecule has 0 aliphatic carbocycles. The molecule has 0 radical (unpaired) electrons. The van der Waals surface area contributed by atoms with Crippen molar-refractivity contribution < 1.29 is 31.1 Å². The fourth-order valence-electron chi connectivity index (χ4n) is 1.13. The maximum absolute atomic E-state index is 12.3. The maximum Gasteiger partial charge on any atom is 0.416 e. The third-order valence-corrected chi connectivity index (χ3v) is 3.54. The molecular formula is C10H10F3NO4S. The van der Waals surface area contributed by atoms with Crippen molar-refractivity contribution in [3.8, 4) is 0 Å². The van der Waals surface area contributed by atoms with Crippen molar-refractivity contribution in [3.05, 3.63) is 29.8 Å². The molecule has 0 amide bonds. The highest BCUT2D eigenvalue weighted by Gasteiger charge is 2.30. The van der Waals surface area contributed by atoms with Gasteiger partial charge >= 0.3 is 12.1 Å². The van der Waals surface area contributed by atoms with Gasteiger partial charge in [-0.25, -0.2) is 8.42 Å². The van der Waals surface area contributed by atoms with Crippen LogP contribution < -0.4 is 4.72 Å². The summed E-state index contributed by atoms with van der Waals surface area (Å²) in [6.07, 6.45) is -4.54. The summed E-state index contributed by atoms with van der Waals surface area (Å²) in [5.41, 5.74) is -0.959. The van der Waals surface area contributed by atoms with E-state index in [-0.39, 0.29) is 4.90 Å². The molecule has 1 aromatic carbocycles. The van der Waals surface area contributed by atoms with Gasteiger partial charge in [-0.1, -0.05) is 0 Å². The van der Waals surface area contributed by atoms with Gasteiger partial charge in [-0.2, -0.15) is 17.9 Å². The Morgan fingerprint density at radius 2 is 1.79 bits per heavy atom. The Kier molecular flexibility index (Phi) is 4.53. The first-order chi connectivity index (χ1) is 8.66. The van der Waals surface area contributed by atoms with Crippen molar-refractivity contribution in [2.24, 2.45) is 0 Å². The van der Waals surface area contributed by atoms with Crippen LogP contribution in [-0.4, -0.2) is 28.0 Å². The summed E-state index contributed by atoms with van der Waals surface area (Å²) in [6, 6.07) is 2.91. The second kappa shape index (κ2) is 5.57. The second-order valence-corrected chi connectivity index (χ2v) is 5.19. The first-order valence-electron chi connectivity index (χ1n) is 4.90. The van der Waals surface area contributed by atoms with E-state index in [4.69, 9.17) is 0 Å². The van der Waals surface area contributed by atoms with Gasteiger partial charge in [0.2, 0.25) is 10.0 Å². The zero-order valence-electron chi connectivity index (χ0n) is 9.69. The standard InChI is InChI=1S/C10H10F3NO4S/c1-18-9(15)6-14-19(16,17)8-4-2-7(3-5-8)10(11,12)13/h2-5,14H,6H2,1H3. The summed E-state index contributed by atoms with van der Waals surface area (Å²) in [7, 11) is -2.97. The van der Waals surface area contributed by atoms with Gasteiger partial charge in [0.05, 0.1) is 17.6 Å². The van der Waals surface area contributed by atoms with E-state index in [1.165, 1.54) is 0 Å². The zero-order chi connectivity index (χ0) is 14.7. The van der Waals surface area contributed by atoms with Crippen molar-refractivity contribution >= 4 is 16.0 Å². The van der Waals surface area contributed by atoms with Gasteiger partial charge in [0, 0.05) is 0 Å². The largest absolute Gasteiger partial charge is 0.468 e. The normalized spacial score (nSPS) is 12.2. The summed E-state index contributed by atoms with van der Waals surface area (Å²) in [5, 5.41) is 0. The van der Waals surface area contributed by atoms with E-state index in [9.17, 15) is 26.4 Å². The molecule has 0 aromatic heterocycles. The van der Waals surface area contributed by atoms with E-state index in [1.807, 2.05) is 4.72 Å². The highest BCUT2D eigenvalue weighted by atomic mass is 32.2. The Morgan fingerprint density at radius 1 is 1.26 bits per heavy atom. The van der Waals surface area contributed by atoms with Crippen LogP contribution in [0.5, 0.6) is 0 Å². The minimum atomic E-state index is -4.54. The number of nitrogens with one attached hydrogen (secondary N) is 1. The number of rotatable bonds is 4. The predicted molar refractivity (Wildman–Crippen MR) is 58.6 cm³/mol. The topological polar surface area (TPSA) is 72.5 Å². The number of hydrogen-bond donors (Lipinski definition) is 1. The Balaban J connectivity index is 2.88. The molecule has 0 aliphatic rings. The van der Waals surface area contributed by atoms with E-state index in [1.54, 1.807) is 0 Å². The summed E-state index contributed by atoms with van der Waals surface area (Å²) >= 11 is 0. The van der Waals surface area contributed by atoms with E-state index < -0.39 is 34.3 Å². The molecule has 0 unspecified atom stereocenters. The quantitative estimate of drug-likeness (QED) is 0.846. The minimum Gasteiger partial charge on any atom is -0.468 e. The number of alkyl halides is 3. The molecular weight excluding hydrogens is 287 g/mol. The fourth-order valence-corrected chi connectivity index (χ4v) is 2.10. The molecule has 0 bridgehead atoms. The molecule has 0 heterocycles. The van der Waals surface area contributed by atoms with E-state index >= 15 is 0 Å². The predicted octanol–water partition coefficient (Wildman–Crippen LogP) is 1.16. The average Bonchev–Trinajstić information content (AvgIpc) is 2.35. The number of sulfonamides is 1. The SMILES string of the molecule is COC(=O)CNS(=O)(=O)c1ccc(C(F)(F)F)cc1. The summed E-state index contributed by atoms with van der Waals surface area (Å²) in [6.45, 7) is -0.597. The van der Waals surface area contributed by atoms with Crippen LogP contribution in [0.4, 0.5) is 13.2 Å². The van der Waals surface area contributed by atoms with Crippen LogP contribution >= 0.6 is 0 Å². The van der Waals surface area contributed by atoms with Crippen LogP contribution in [-0.2, 0) is 25.7 Å². The Hall–Kier alpha value is -1.61. The van der Waals surface area contributed by atoms with Crippen LogP contribution in [0.1, 0.15) is 5.56 Å². The number of hydrogen-bond acceptors (Lipinski definition) is 4. The van der Waals surface area contributed by atoms with Crippen LogP contribution in [0.25, 0.3) is 0 Å². The zero-order valence-corrected chi connectivity index (χ0v) is 10.5. The van der Waals surface area contributed by atoms with Crippen LogP contribution in [0, 0.1) is 0 Å². The molecule has 106 valence electrons. The van der Waals surface area contributed by atoms with E-state index in [2.05, 4.69) is 4.74 Å². The van der Waals surface area contributed by atoms with Crippen molar-refractivity contribution in [2.75, 3.05) is 13.7 Å². The number of benzene rings is 1. The van der Waals surface area contributed by atoms with Crippen molar-refractivity contribution in [2.45, 2.75) is 11.1 Å². The number of carbonyl (C=O) groups is 1. The molecule has 1 rings (SSSR count). The second-order valence-electron chi connectivity index (χ2n) is 3.42. The lowest BCUT2D eigenvalue weighted by molar-refractivity contribution is -0.139. The molecule has 9 heteroatoms. The Bertz CT molecular complexity index is 551. The molecule has 5 nitrogen and oxygen atoms in total. The van der Waals surface area contributed by atoms with Gasteiger partial charge < -0.3 is 4.74 Å². The first kappa shape index (κ1) is 15.4.